The number of benzene rings is 1. The first kappa shape index (κ1) is 17.0. The number of ketones is 1. The monoisotopic (exact) mass is 319 g/mol. The van der Waals surface area contributed by atoms with Crippen molar-refractivity contribution in [3.8, 4) is 5.75 Å². The number of carboxylic acids is 1. The molecule has 0 aromatic heterocycles. The first-order valence-corrected chi connectivity index (χ1v) is 7.61. The summed E-state index contributed by atoms with van der Waals surface area (Å²) in [5.41, 5.74) is 1.17. The normalized spacial score (nSPS) is 17.1. The molecule has 0 radical (unpaired) electrons. The van der Waals surface area contributed by atoms with Gasteiger partial charge in [-0.1, -0.05) is 0 Å². The highest BCUT2D eigenvalue weighted by Crippen LogP contribution is 2.25. The van der Waals surface area contributed by atoms with Gasteiger partial charge in [0, 0.05) is 23.7 Å². The van der Waals surface area contributed by atoms with E-state index in [1.165, 1.54) is 14.0 Å². The maximum absolute atomic E-state index is 12.5. The molecule has 1 aliphatic rings. The van der Waals surface area contributed by atoms with E-state index in [-0.39, 0.29) is 30.6 Å². The molecule has 1 amide bonds. The van der Waals surface area contributed by atoms with Crippen molar-refractivity contribution in [2.75, 3.05) is 13.7 Å². The molecule has 0 spiro atoms. The molecule has 6 nitrogen and oxygen atoms in total. The summed E-state index contributed by atoms with van der Waals surface area (Å²) in [4.78, 5) is 36.6. The number of Topliss-reactive ketones (excluding diaryl/α,β-unsaturated/α-hetero) is 1. The lowest BCUT2D eigenvalue weighted by Crippen LogP contribution is -2.37. The zero-order chi connectivity index (χ0) is 17.0. The highest BCUT2D eigenvalue weighted by molar-refractivity contribution is 5.94. The van der Waals surface area contributed by atoms with E-state index in [0.29, 0.717) is 29.8 Å². The van der Waals surface area contributed by atoms with Gasteiger partial charge in [0.15, 0.2) is 5.78 Å². The predicted octanol–water partition coefficient (Wildman–Crippen LogP) is 1.91. The molecule has 1 unspecified atom stereocenters. The van der Waals surface area contributed by atoms with Gasteiger partial charge >= 0.3 is 5.97 Å². The standard InChI is InChI=1S/C17H21NO5/c1-11(19)12-5-6-15(23-2)13(8-12)9-16(20)18-7-3-4-14(18)10-17(21)22/h5-6,8,14H,3-4,7,9-10H2,1-2H3,(H,21,22). The van der Waals surface area contributed by atoms with Gasteiger partial charge in [-0.2, -0.15) is 0 Å². The summed E-state index contributed by atoms with van der Waals surface area (Å²) in [5, 5.41) is 8.95. The summed E-state index contributed by atoms with van der Waals surface area (Å²) in [6.45, 7) is 2.04. The molecular weight excluding hydrogens is 298 g/mol. The Hall–Kier alpha value is -2.37. The largest absolute Gasteiger partial charge is 0.496 e. The Morgan fingerprint density at radius 1 is 1.35 bits per heavy atom. The number of carbonyl (C=O) groups is 3. The zero-order valence-electron chi connectivity index (χ0n) is 13.4. The first-order chi connectivity index (χ1) is 10.9. The minimum Gasteiger partial charge on any atom is -0.496 e. The number of carboxylic acid groups (broad SMARTS) is 1. The van der Waals surface area contributed by atoms with Crippen LogP contribution in [-0.4, -0.2) is 47.4 Å². The molecule has 0 aliphatic carbocycles. The average molecular weight is 319 g/mol. The number of likely N-dealkylation sites (tertiary alicyclic amines) is 1. The maximum atomic E-state index is 12.5. The van der Waals surface area contributed by atoms with Crippen molar-refractivity contribution in [1.82, 2.24) is 4.90 Å². The summed E-state index contributed by atoms with van der Waals surface area (Å²) >= 11 is 0. The van der Waals surface area contributed by atoms with Crippen LogP contribution in [0.25, 0.3) is 0 Å². The molecular formula is C17H21NO5. The van der Waals surface area contributed by atoms with E-state index in [1.807, 2.05) is 0 Å². The van der Waals surface area contributed by atoms with Crippen LogP contribution < -0.4 is 4.74 Å². The maximum Gasteiger partial charge on any atom is 0.305 e. The molecule has 23 heavy (non-hydrogen) atoms. The first-order valence-electron chi connectivity index (χ1n) is 7.61. The van der Waals surface area contributed by atoms with Gasteiger partial charge in [0.1, 0.15) is 5.75 Å². The number of nitrogens with zero attached hydrogens (tertiary/aromatic N) is 1. The van der Waals surface area contributed by atoms with E-state index >= 15 is 0 Å². The lowest BCUT2D eigenvalue weighted by Gasteiger charge is -2.24. The van der Waals surface area contributed by atoms with Crippen LogP contribution >= 0.6 is 0 Å². The van der Waals surface area contributed by atoms with Gasteiger partial charge in [-0.15, -0.1) is 0 Å². The third-order valence-electron chi connectivity index (χ3n) is 4.14. The van der Waals surface area contributed by atoms with E-state index < -0.39 is 5.97 Å². The second-order valence-electron chi connectivity index (χ2n) is 5.74. The molecule has 1 aromatic carbocycles. The van der Waals surface area contributed by atoms with Crippen molar-refractivity contribution in [3.63, 3.8) is 0 Å². The highest BCUT2D eigenvalue weighted by atomic mass is 16.5. The van der Waals surface area contributed by atoms with Crippen LogP contribution in [0, 0.1) is 0 Å². The Balaban J connectivity index is 2.17. The van der Waals surface area contributed by atoms with E-state index in [4.69, 9.17) is 9.84 Å². The van der Waals surface area contributed by atoms with Gasteiger partial charge in [-0.3, -0.25) is 14.4 Å². The van der Waals surface area contributed by atoms with Crippen LogP contribution in [0.5, 0.6) is 5.75 Å². The number of methoxy groups -OCH3 is 1. The molecule has 1 N–H and O–H groups in total. The second kappa shape index (κ2) is 7.26. The van der Waals surface area contributed by atoms with Crippen LogP contribution in [0.2, 0.25) is 0 Å². The predicted molar refractivity (Wildman–Crippen MR) is 83.7 cm³/mol. The summed E-state index contributed by atoms with van der Waals surface area (Å²) in [5.74, 6) is -0.554. The smallest absolute Gasteiger partial charge is 0.305 e. The number of carbonyl (C=O) groups excluding carboxylic acids is 2. The van der Waals surface area contributed by atoms with Crippen LogP contribution in [0.15, 0.2) is 18.2 Å². The molecule has 1 aliphatic heterocycles. The summed E-state index contributed by atoms with van der Waals surface area (Å²) in [7, 11) is 1.51. The van der Waals surface area contributed by atoms with Gasteiger partial charge in [0.05, 0.1) is 20.0 Å². The van der Waals surface area contributed by atoms with Gasteiger partial charge in [0.25, 0.3) is 0 Å². The van der Waals surface area contributed by atoms with Crippen molar-refractivity contribution in [2.24, 2.45) is 0 Å². The molecule has 0 saturated carbocycles. The van der Waals surface area contributed by atoms with Crippen LogP contribution in [0.4, 0.5) is 0 Å². The van der Waals surface area contributed by atoms with E-state index in [9.17, 15) is 14.4 Å². The molecule has 124 valence electrons. The molecule has 1 saturated heterocycles. The summed E-state index contributed by atoms with van der Waals surface area (Å²) < 4.78 is 5.26. The number of rotatable bonds is 6. The van der Waals surface area contributed by atoms with Gasteiger partial charge < -0.3 is 14.7 Å². The number of amides is 1. The fraction of sp³-hybridized carbons (Fsp3) is 0.471. The number of aliphatic carboxylic acids is 1. The lowest BCUT2D eigenvalue weighted by atomic mass is 10.0. The lowest BCUT2D eigenvalue weighted by molar-refractivity contribution is -0.139. The molecule has 6 heteroatoms. The van der Waals surface area contributed by atoms with Crippen molar-refractivity contribution in [1.29, 1.82) is 0 Å². The molecule has 2 rings (SSSR count). The molecule has 1 aromatic rings. The van der Waals surface area contributed by atoms with E-state index in [0.717, 1.165) is 6.42 Å². The van der Waals surface area contributed by atoms with Gasteiger partial charge in [-0.25, -0.2) is 0 Å². The second-order valence-corrected chi connectivity index (χ2v) is 5.74. The van der Waals surface area contributed by atoms with Gasteiger partial charge in [0.2, 0.25) is 5.91 Å². The molecule has 0 bridgehead atoms. The Morgan fingerprint density at radius 3 is 2.70 bits per heavy atom. The quantitative estimate of drug-likeness (QED) is 0.810. The molecule has 1 fully saturated rings. The third kappa shape index (κ3) is 4.09. The van der Waals surface area contributed by atoms with E-state index in [1.54, 1.807) is 23.1 Å². The Morgan fingerprint density at radius 2 is 2.09 bits per heavy atom. The fourth-order valence-corrected chi connectivity index (χ4v) is 2.98. The Bertz CT molecular complexity index is 625. The molecule has 1 atom stereocenters. The number of ether oxygens (including phenoxy) is 1. The van der Waals surface area contributed by atoms with E-state index in [2.05, 4.69) is 0 Å². The van der Waals surface area contributed by atoms with Crippen molar-refractivity contribution < 1.29 is 24.2 Å². The number of hydrogen-bond acceptors (Lipinski definition) is 4. The summed E-state index contributed by atoms with van der Waals surface area (Å²) in [6.07, 6.45) is 1.59. The van der Waals surface area contributed by atoms with Crippen LogP contribution in [0.3, 0.4) is 0 Å². The van der Waals surface area contributed by atoms with Crippen molar-refractivity contribution >= 4 is 17.7 Å². The summed E-state index contributed by atoms with van der Waals surface area (Å²) in [6, 6.07) is 4.76. The minimum atomic E-state index is -0.897. The van der Waals surface area contributed by atoms with Crippen molar-refractivity contribution in [2.45, 2.75) is 38.6 Å². The highest BCUT2D eigenvalue weighted by Gasteiger charge is 2.30. The third-order valence-corrected chi connectivity index (χ3v) is 4.14. The van der Waals surface area contributed by atoms with Gasteiger partial charge in [-0.05, 0) is 38.0 Å². The zero-order valence-corrected chi connectivity index (χ0v) is 13.4. The molecule has 1 heterocycles. The topological polar surface area (TPSA) is 83.9 Å². The minimum absolute atomic E-state index is 0.0314. The number of hydrogen-bond donors (Lipinski definition) is 1. The van der Waals surface area contributed by atoms with Crippen molar-refractivity contribution in [3.05, 3.63) is 29.3 Å². The fourth-order valence-electron chi connectivity index (χ4n) is 2.98. The Kier molecular flexibility index (Phi) is 5.36. The van der Waals surface area contributed by atoms with Crippen LogP contribution in [0.1, 0.15) is 42.1 Å². The average Bonchev–Trinajstić information content (AvgIpc) is 2.94. The van der Waals surface area contributed by atoms with Crippen LogP contribution in [-0.2, 0) is 16.0 Å². The SMILES string of the molecule is COc1ccc(C(C)=O)cc1CC(=O)N1CCCC1CC(=O)O. The Labute approximate surface area is 135 Å².